The SMILES string of the molecule is CCSc1n[nH]c(-n2ccc3nc4ccn([C@@H]5CCC[C@H](C)[C@H]5C)c(=O)c4cc3c2=O)n1. The second-order valence-electron chi connectivity index (χ2n) is 8.58. The lowest BCUT2D eigenvalue weighted by atomic mass is 9.78. The molecule has 1 fully saturated rings. The maximum atomic E-state index is 13.4. The van der Waals surface area contributed by atoms with Crippen LogP contribution in [0.15, 0.2) is 45.3 Å². The summed E-state index contributed by atoms with van der Waals surface area (Å²) in [5.74, 6) is 2.19. The van der Waals surface area contributed by atoms with Gasteiger partial charge in [0.05, 0.1) is 21.8 Å². The van der Waals surface area contributed by atoms with Crippen molar-refractivity contribution in [3.63, 3.8) is 0 Å². The summed E-state index contributed by atoms with van der Waals surface area (Å²) in [5, 5.41) is 8.41. The van der Waals surface area contributed by atoms with Gasteiger partial charge in [-0.15, -0.1) is 5.10 Å². The molecule has 8 nitrogen and oxygen atoms in total. The zero-order chi connectivity index (χ0) is 22.4. The monoisotopic (exact) mass is 450 g/mol. The van der Waals surface area contributed by atoms with Crippen molar-refractivity contribution in [2.45, 2.75) is 51.2 Å². The molecule has 3 atom stereocenters. The zero-order valence-corrected chi connectivity index (χ0v) is 19.2. The summed E-state index contributed by atoms with van der Waals surface area (Å²) in [6.07, 6.45) is 6.82. The minimum absolute atomic E-state index is 0.0843. The maximum Gasteiger partial charge on any atom is 0.266 e. The molecule has 4 heterocycles. The highest BCUT2D eigenvalue weighted by Gasteiger charge is 2.29. The van der Waals surface area contributed by atoms with E-state index in [4.69, 9.17) is 0 Å². The van der Waals surface area contributed by atoms with Crippen LogP contribution in [0, 0.1) is 11.8 Å². The number of rotatable bonds is 4. The Hall–Kier alpha value is -2.94. The molecule has 0 unspecified atom stereocenters. The number of pyridine rings is 3. The number of hydrogen-bond donors (Lipinski definition) is 1. The first-order chi connectivity index (χ1) is 15.5. The topological polar surface area (TPSA) is 98.5 Å². The predicted molar refractivity (Wildman–Crippen MR) is 127 cm³/mol. The van der Waals surface area contributed by atoms with E-state index in [-0.39, 0.29) is 17.2 Å². The Morgan fingerprint density at radius 1 is 1.06 bits per heavy atom. The normalized spacial score (nSPS) is 21.4. The van der Waals surface area contributed by atoms with Gasteiger partial charge in [-0.3, -0.25) is 14.2 Å². The molecule has 0 radical (unpaired) electrons. The molecule has 0 aromatic carbocycles. The fourth-order valence-corrected chi connectivity index (χ4v) is 5.27. The molecule has 0 saturated heterocycles. The number of fused-ring (bicyclic) bond motifs is 2. The van der Waals surface area contributed by atoms with Crippen LogP contribution in [0.3, 0.4) is 0 Å². The molecule has 0 bridgehead atoms. The van der Waals surface area contributed by atoms with E-state index in [1.165, 1.54) is 22.7 Å². The van der Waals surface area contributed by atoms with Gasteiger partial charge in [0.15, 0.2) is 0 Å². The maximum absolute atomic E-state index is 13.4. The Bertz CT molecular complexity index is 1420. The summed E-state index contributed by atoms with van der Waals surface area (Å²) in [7, 11) is 0. The van der Waals surface area contributed by atoms with Crippen LogP contribution >= 0.6 is 11.8 Å². The Morgan fingerprint density at radius 2 is 1.81 bits per heavy atom. The number of nitrogens with one attached hydrogen (secondary N) is 1. The summed E-state index contributed by atoms with van der Waals surface area (Å²) in [5.41, 5.74) is 0.793. The molecule has 4 aromatic rings. The van der Waals surface area contributed by atoms with E-state index in [2.05, 4.69) is 34.0 Å². The fourth-order valence-electron chi connectivity index (χ4n) is 4.75. The minimum atomic E-state index is -0.282. The van der Waals surface area contributed by atoms with Gasteiger partial charge in [0.1, 0.15) is 0 Å². The molecular formula is C23H26N6O2S. The van der Waals surface area contributed by atoms with Crippen LogP contribution in [0.1, 0.15) is 46.1 Å². The first-order valence-corrected chi connectivity index (χ1v) is 12.1. The number of H-pyrrole nitrogens is 1. The van der Waals surface area contributed by atoms with Crippen LogP contribution in [-0.4, -0.2) is 35.1 Å². The third kappa shape index (κ3) is 3.44. The van der Waals surface area contributed by atoms with Gasteiger partial charge in [0.2, 0.25) is 11.1 Å². The first-order valence-electron chi connectivity index (χ1n) is 11.1. The highest BCUT2D eigenvalue weighted by Crippen LogP contribution is 2.37. The second kappa shape index (κ2) is 8.20. The molecule has 4 aromatic heterocycles. The van der Waals surface area contributed by atoms with Crippen LogP contribution in [-0.2, 0) is 0 Å². The third-order valence-corrected chi connectivity index (χ3v) is 7.48. The van der Waals surface area contributed by atoms with Crippen LogP contribution in [0.4, 0.5) is 0 Å². The van der Waals surface area contributed by atoms with Crippen molar-refractivity contribution in [2.24, 2.45) is 11.8 Å². The summed E-state index contributed by atoms with van der Waals surface area (Å²) in [6, 6.07) is 5.51. The summed E-state index contributed by atoms with van der Waals surface area (Å²) in [4.78, 5) is 35.7. The lowest BCUT2D eigenvalue weighted by Crippen LogP contribution is -2.33. The molecule has 1 aliphatic rings. The third-order valence-electron chi connectivity index (χ3n) is 6.75. The molecule has 1 aliphatic carbocycles. The molecule has 0 amide bonds. The Morgan fingerprint density at radius 3 is 2.59 bits per heavy atom. The van der Waals surface area contributed by atoms with E-state index < -0.39 is 0 Å². The largest absolute Gasteiger partial charge is 0.312 e. The second-order valence-corrected chi connectivity index (χ2v) is 9.81. The van der Waals surface area contributed by atoms with Gasteiger partial charge in [-0.05, 0) is 42.2 Å². The van der Waals surface area contributed by atoms with E-state index >= 15 is 0 Å². The highest BCUT2D eigenvalue weighted by molar-refractivity contribution is 7.99. The Kier molecular flexibility index (Phi) is 5.36. The van der Waals surface area contributed by atoms with Gasteiger partial charge in [0, 0.05) is 18.4 Å². The number of thioether (sulfide) groups is 1. The van der Waals surface area contributed by atoms with Crippen molar-refractivity contribution in [2.75, 3.05) is 5.75 Å². The van der Waals surface area contributed by atoms with Gasteiger partial charge >= 0.3 is 0 Å². The standard InChI is InChI=1S/C23H26N6O2S/c1-4-32-23-25-22(26-27-23)29-11-9-18-16(21(29)31)12-15-17(24-18)8-10-28(20(15)30)19-7-5-6-13(2)14(19)3/h8-14,19H,4-7H2,1-3H3,(H,25,26,27)/t13-,14+,19+/m0/s1. The molecular weight excluding hydrogens is 424 g/mol. The zero-order valence-electron chi connectivity index (χ0n) is 18.4. The Balaban J connectivity index is 1.65. The van der Waals surface area contributed by atoms with Crippen molar-refractivity contribution >= 4 is 33.6 Å². The molecule has 1 N–H and O–H groups in total. The van der Waals surface area contributed by atoms with Gasteiger partial charge in [0.25, 0.3) is 11.1 Å². The quantitative estimate of drug-likeness (QED) is 0.374. The van der Waals surface area contributed by atoms with E-state index in [1.807, 2.05) is 23.8 Å². The van der Waals surface area contributed by atoms with Crippen molar-refractivity contribution in [3.05, 3.63) is 51.3 Å². The number of hydrogen-bond acceptors (Lipinski definition) is 6. The minimum Gasteiger partial charge on any atom is -0.312 e. The van der Waals surface area contributed by atoms with E-state index in [1.54, 1.807) is 18.3 Å². The molecule has 166 valence electrons. The summed E-state index contributed by atoms with van der Waals surface area (Å²) >= 11 is 1.49. The average molecular weight is 451 g/mol. The van der Waals surface area contributed by atoms with Crippen LogP contribution < -0.4 is 11.1 Å². The van der Waals surface area contributed by atoms with Crippen LogP contribution in [0.5, 0.6) is 0 Å². The fraction of sp³-hybridized carbons (Fsp3) is 0.435. The molecule has 1 saturated carbocycles. The number of aromatic amines is 1. The Labute approximate surface area is 189 Å². The summed E-state index contributed by atoms with van der Waals surface area (Å²) < 4.78 is 3.26. The van der Waals surface area contributed by atoms with Crippen molar-refractivity contribution in [1.82, 2.24) is 29.3 Å². The smallest absolute Gasteiger partial charge is 0.266 e. The highest BCUT2D eigenvalue weighted by atomic mass is 32.2. The van der Waals surface area contributed by atoms with Crippen LogP contribution in [0.25, 0.3) is 27.8 Å². The van der Waals surface area contributed by atoms with Crippen molar-refractivity contribution < 1.29 is 0 Å². The van der Waals surface area contributed by atoms with Crippen molar-refractivity contribution in [1.29, 1.82) is 0 Å². The molecule has 5 rings (SSSR count). The van der Waals surface area contributed by atoms with E-state index in [9.17, 15) is 9.59 Å². The number of nitrogens with zero attached hydrogens (tertiary/aromatic N) is 5. The van der Waals surface area contributed by atoms with Gasteiger partial charge in [-0.2, -0.15) is 4.98 Å². The van der Waals surface area contributed by atoms with E-state index in [0.29, 0.717) is 44.7 Å². The van der Waals surface area contributed by atoms with Gasteiger partial charge in [-0.25, -0.2) is 10.1 Å². The molecule has 9 heteroatoms. The number of aromatic nitrogens is 6. The lowest BCUT2D eigenvalue weighted by Gasteiger charge is -2.35. The lowest BCUT2D eigenvalue weighted by molar-refractivity contribution is 0.183. The van der Waals surface area contributed by atoms with Crippen LogP contribution in [0.2, 0.25) is 0 Å². The van der Waals surface area contributed by atoms with Gasteiger partial charge < -0.3 is 4.57 Å². The average Bonchev–Trinajstić information content (AvgIpc) is 3.24. The van der Waals surface area contributed by atoms with Crippen molar-refractivity contribution in [3.8, 4) is 5.95 Å². The summed E-state index contributed by atoms with van der Waals surface area (Å²) in [6.45, 7) is 6.50. The van der Waals surface area contributed by atoms with Gasteiger partial charge in [-0.1, -0.05) is 45.4 Å². The molecule has 0 spiro atoms. The molecule has 32 heavy (non-hydrogen) atoms. The molecule has 0 aliphatic heterocycles. The van der Waals surface area contributed by atoms with E-state index in [0.717, 1.165) is 18.6 Å². The predicted octanol–water partition coefficient (Wildman–Crippen LogP) is 3.93. The first kappa shape index (κ1) is 20.9.